The molecule has 0 aliphatic heterocycles. The molecule has 0 saturated carbocycles. The van der Waals surface area contributed by atoms with Gasteiger partial charge in [0.25, 0.3) is 0 Å². The van der Waals surface area contributed by atoms with Crippen LogP contribution in [0.2, 0.25) is 0 Å². The van der Waals surface area contributed by atoms with E-state index in [-0.39, 0.29) is 17.3 Å². The summed E-state index contributed by atoms with van der Waals surface area (Å²) in [4.78, 5) is 3.55. The van der Waals surface area contributed by atoms with Crippen LogP contribution >= 0.6 is 0 Å². The highest BCUT2D eigenvalue weighted by Crippen LogP contribution is 2.34. The number of hydrogen-bond acceptors (Lipinski definition) is 2. The Morgan fingerprint density at radius 3 is 2.27 bits per heavy atom. The first-order chi connectivity index (χ1) is 6.86. The minimum absolute atomic E-state index is 0.194. The molecule has 1 rings (SSSR count). The maximum absolute atomic E-state index is 12.6. The van der Waals surface area contributed by atoms with Crippen molar-refractivity contribution >= 4 is 5.82 Å². The van der Waals surface area contributed by atoms with Gasteiger partial charge < -0.3 is 5.32 Å². The van der Waals surface area contributed by atoms with Crippen molar-refractivity contribution in [1.82, 2.24) is 4.98 Å². The molecule has 0 radical (unpaired) electrons. The van der Waals surface area contributed by atoms with Gasteiger partial charge in [0.05, 0.1) is 0 Å². The summed E-state index contributed by atoms with van der Waals surface area (Å²) in [5.41, 5.74) is -0.578. The van der Waals surface area contributed by atoms with Gasteiger partial charge in [-0.15, -0.1) is 0 Å². The van der Waals surface area contributed by atoms with Crippen LogP contribution < -0.4 is 5.32 Å². The Morgan fingerprint density at radius 2 is 1.87 bits per heavy atom. The Morgan fingerprint density at radius 1 is 1.27 bits per heavy atom. The maximum Gasteiger partial charge on any atom is 0.433 e. The van der Waals surface area contributed by atoms with E-state index in [1.54, 1.807) is 19.9 Å². The Hall–Kier alpha value is -1.26. The van der Waals surface area contributed by atoms with Crippen LogP contribution in [-0.2, 0) is 6.18 Å². The molecule has 0 spiro atoms. The number of anilines is 1. The summed E-state index contributed by atoms with van der Waals surface area (Å²) in [5, 5.41) is 2.59. The fourth-order valence-electron chi connectivity index (χ4n) is 1.30. The maximum atomic E-state index is 12.6. The lowest BCUT2D eigenvalue weighted by Gasteiger charge is -2.15. The van der Waals surface area contributed by atoms with Crippen molar-refractivity contribution < 1.29 is 13.2 Å². The van der Waals surface area contributed by atoms with Crippen LogP contribution in [0, 0.1) is 0 Å². The largest absolute Gasteiger partial charge is 0.433 e. The first-order valence-corrected chi connectivity index (χ1v) is 4.62. The van der Waals surface area contributed by atoms with E-state index in [9.17, 15) is 13.2 Å². The lowest BCUT2D eigenvalue weighted by Crippen LogP contribution is -2.14. The molecule has 0 saturated heterocycles. The zero-order chi connectivity index (χ0) is 11.6. The molecule has 0 aliphatic rings. The van der Waals surface area contributed by atoms with Crippen molar-refractivity contribution in [3.05, 3.63) is 23.4 Å². The highest BCUT2D eigenvalue weighted by Gasteiger charge is 2.36. The molecular formula is C10H13F3N2. The van der Waals surface area contributed by atoms with Gasteiger partial charge in [0.15, 0.2) is 0 Å². The van der Waals surface area contributed by atoms with Crippen LogP contribution in [0.1, 0.15) is 31.0 Å². The predicted octanol–water partition coefficient (Wildman–Crippen LogP) is 3.27. The summed E-state index contributed by atoms with van der Waals surface area (Å²) >= 11 is 0. The van der Waals surface area contributed by atoms with Crippen molar-refractivity contribution in [1.29, 1.82) is 0 Å². The molecule has 84 valence electrons. The summed E-state index contributed by atoms with van der Waals surface area (Å²) in [6.07, 6.45) is -4.40. The van der Waals surface area contributed by atoms with Crippen LogP contribution in [0.3, 0.4) is 0 Å². The normalized spacial score (nSPS) is 11.9. The molecule has 0 aromatic carbocycles. The Balaban J connectivity index is 3.29. The Kier molecular flexibility index (Phi) is 3.21. The standard InChI is InChI=1S/C10H13F3N2/c1-6(2)7-4-5-8(14-3)15-9(7)10(11,12)13/h4-6H,1-3H3,(H,14,15). The summed E-state index contributed by atoms with van der Waals surface area (Å²) in [7, 11) is 1.54. The second kappa shape index (κ2) is 4.08. The fourth-order valence-corrected chi connectivity index (χ4v) is 1.30. The van der Waals surface area contributed by atoms with Gasteiger partial charge in [-0.2, -0.15) is 13.2 Å². The number of pyridine rings is 1. The average molecular weight is 218 g/mol. The van der Waals surface area contributed by atoms with Crippen molar-refractivity contribution in [3.63, 3.8) is 0 Å². The molecule has 0 aliphatic carbocycles. The molecule has 0 atom stereocenters. The van der Waals surface area contributed by atoms with E-state index >= 15 is 0 Å². The number of alkyl halides is 3. The Labute approximate surface area is 86.5 Å². The number of halogens is 3. The van der Waals surface area contributed by atoms with E-state index in [1.165, 1.54) is 13.1 Å². The van der Waals surface area contributed by atoms with Gasteiger partial charge in [-0.3, -0.25) is 0 Å². The van der Waals surface area contributed by atoms with Gasteiger partial charge >= 0.3 is 6.18 Å². The molecular weight excluding hydrogens is 205 g/mol. The smallest absolute Gasteiger partial charge is 0.373 e. The van der Waals surface area contributed by atoms with E-state index in [4.69, 9.17) is 0 Å². The van der Waals surface area contributed by atoms with Gasteiger partial charge in [-0.25, -0.2) is 4.98 Å². The summed E-state index contributed by atoms with van der Waals surface area (Å²) in [5.74, 6) is 0.0340. The molecule has 1 N–H and O–H groups in total. The summed E-state index contributed by atoms with van der Waals surface area (Å²) < 4.78 is 37.9. The second-order valence-electron chi connectivity index (χ2n) is 3.54. The van der Waals surface area contributed by atoms with Crippen LogP contribution in [0.15, 0.2) is 12.1 Å². The van der Waals surface area contributed by atoms with E-state index in [0.29, 0.717) is 0 Å². The molecule has 1 aromatic heterocycles. The fraction of sp³-hybridized carbons (Fsp3) is 0.500. The van der Waals surface area contributed by atoms with Crippen molar-refractivity contribution in [2.45, 2.75) is 25.9 Å². The zero-order valence-electron chi connectivity index (χ0n) is 8.81. The van der Waals surface area contributed by atoms with Gasteiger partial charge in [0.1, 0.15) is 11.5 Å². The topological polar surface area (TPSA) is 24.9 Å². The van der Waals surface area contributed by atoms with E-state index in [0.717, 1.165) is 0 Å². The third kappa shape index (κ3) is 2.61. The Bertz CT molecular complexity index is 345. The van der Waals surface area contributed by atoms with Crippen LogP contribution in [-0.4, -0.2) is 12.0 Å². The van der Waals surface area contributed by atoms with Gasteiger partial charge in [-0.1, -0.05) is 19.9 Å². The lowest BCUT2D eigenvalue weighted by molar-refractivity contribution is -0.141. The summed E-state index contributed by atoms with van der Waals surface area (Å²) in [6, 6.07) is 3.01. The van der Waals surface area contributed by atoms with E-state index < -0.39 is 11.9 Å². The third-order valence-corrected chi connectivity index (χ3v) is 2.07. The van der Waals surface area contributed by atoms with Crippen molar-refractivity contribution in [3.8, 4) is 0 Å². The minimum atomic E-state index is -4.40. The zero-order valence-corrected chi connectivity index (χ0v) is 8.81. The molecule has 2 nitrogen and oxygen atoms in total. The first-order valence-electron chi connectivity index (χ1n) is 4.62. The summed E-state index contributed by atoms with van der Waals surface area (Å²) in [6.45, 7) is 3.43. The van der Waals surface area contributed by atoms with Crippen LogP contribution in [0.4, 0.5) is 19.0 Å². The number of rotatable bonds is 2. The highest BCUT2D eigenvalue weighted by atomic mass is 19.4. The van der Waals surface area contributed by atoms with Crippen molar-refractivity contribution in [2.75, 3.05) is 12.4 Å². The minimum Gasteiger partial charge on any atom is -0.373 e. The highest BCUT2D eigenvalue weighted by molar-refractivity contribution is 5.40. The van der Waals surface area contributed by atoms with Crippen molar-refractivity contribution in [2.24, 2.45) is 0 Å². The SMILES string of the molecule is CNc1ccc(C(C)C)c(C(F)(F)F)n1. The molecule has 15 heavy (non-hydrogen) atoms. The van der Waals surface area contributed by atoms with Crippen LogP contribution in [0.25, 0.3) is 0 Å². The average Bonchev–Trinajstić information content (AvgIpc) is 2.15. The molecule has 0 amide bonds. The predicted molar refractivity (Wildman–Crippen MR) is 52.9 cm³/mol. The molecule has 1 aromatic rings. The second-order valence-corrected chi connectivity index (χ2v) is 3.54. The number of nitrogens with one attached hydrogen (secondary N) is 1. The number of hydrogen-bond donors (Lipinski definition) is 1. The van der Waals surface area contributed by atoms with Gasteiger partial charge in [0.2, 0.25) is 0 Å². The molecule has 5 heteroatoms. The number of aromatic nitrogens is 1. The van der Waals surface area contributed by atoms with E-state index in [1.807, 2.05) is 0 Å². The molecule has 0 bridgehead atoms. The molecule has 1 heterocycles. The number of nitrogens with zero attached hydrogens (tertiary/aromatic N) is 1. The van der Waals surface area contributed by atoms with Gasteiger partial charge in [0, 0.05) is 7.05 Å². The van der Waals surface area contributed by atoms with Crippen LogP contribution in [0.5, 0.6) is 0 Å². The lowest BCUT2D eigenvalue weighted by atomic mass is 10.0. The third-order valence-electron chi connectivity index (χ3n) is 2.07. The molecule has 0 unspecified atom stereocenters. The first kappa shape index (κ1) is 11.8. The quantitative estimate of drug-likeness (QED) is 0.824. The van der Waals surface area contributed by atoms with E-state index in [2.05, 4.69) is 10.3 Å². The van der Waals surface area contributed by atoms with Gasteiger partial charge in [-0.05, 0) is 17.5 Å². The monoisotopic (exact) mass is 218 g/mol. The molecule has 0 fully saturated rings.